The van der Waals surface area contributed by atoms with Crippen molar-refractivity contribution in [1.82, 2.24) is 9.34 Å². The van der Waals surface area contributed by atoms with E-state index in [-0.39, 0.29) is 0 Å². The van der Waals surface area contributed by atoms with Gasteiger partial charge in [-0.05, 0) is 27.7 Å². The Bertz CT molecular complexity index is 395. The van der Waals surface area contributed by atoms with Gasteiger partial charge in [0.1, 0.15) is 7.56 Å². The Hall–Kier alpha value is 0.437. The zero-order valence-corrected chi connectivity index (χ0v) is 19.1. The summed E-state index contributed by atoms with van der Waals surface area (Å²) in [6.45, 7) is 24.1. The van der Waals surface area contributed by atoms with Crippen LogP contribution in [-0.2, 0) is 14.6 Å². The highest BCUT2D eigenvalue weighted by Crippen LogP contribution is 2.62. The average molecular weight is 389 g/mol. The third kappa shape index (κ3) is 10.8. The molecule has 0 fully saturated rings. The Morgan fingerprint density at radius 2 is 1.22 bits per heavy atom. The van der Waals surface area contributed by atoms with Crippen molar-refractivity contribution in [2.24, 2.45) is 0 Å². The Labute approximate surface area is 146 Å². The van der Waals surface area contributed by atoms with Gasteiger partial charge in [0.25, 0.3) is 0 Å². The number of hydrogen-bond acceptors (Lipinski definition) is 6. The molecule has 0 heterocycles. The molecule has 0 bridgehead atoms. The van der Waals surface area contributed by atoms with E-state index in [4.69, 9.17) is 0 Å². The van der Waals surface area contributed by atoms with Crippen LogP contribution >= 0.6 is 7.56 Å². The van der Waals surface area contributed by atoms with Crippen LogP contribution in [0.1, 0.15) is 27.7 Å². The van der Waals surface area contributed by atoms with Crippen LogP contribution in [0, 0.1) is 0 Å². The maximum atomic E-state index is 9.22. The van der Waals surface area contributed by atoms with Crippen LogP contribution in [0.3, 0.4) is 0 Å². The molecule has 0 unspecified atom stereocenters. The average Bonchev–Trinajstić information content (AvgIpc) is 2.39. The fourth-order valence-corrected chi connectivity index (χ4v) is 14.5. The largest absolute Gasteiger partial charge is 0.726 e. The molecule has 9 heteroatoms. The summed E-state index contributed by atoms with van der Waals surface area (Å²) in [5.41, 5.74) is 0. The molecule has 0 N–H and O–H groups in total. The van der Waals surface area contributed by atoms with Gasteiger partial charge in [-0.2, -0.15) is 9.34 Å². The Balaban J connectivity index is 0. The van der Waals surface area contributed by atoms with Gasteiger partial charge in [-0.3, -0.25) is 4.18 Å². The quantitative estimate of drug-likeness (QED) is 0.261. The normalized spacial score (nSPS) is 13.2. The molecule has 0 aliphatic carbocycles. The molecule has 23 heavy (non-hydrogen) atoms. The summed E-state index contributed by atoms with van der Waals surface area (Å²) in [7, 11) is -5.70. The van der Waals surface area contributed by atoms with Gasteiger partial charge in [0.2, 0.25) is 10.4 Å². The van der Waals surface area contributed by atoms with E-state index in [0.29, 0.717) is 0 Å². The minimum Gasteiger partial charge on any atom is -0.726 e. The summed E-state index contributed by atoms with van der Waals surface area (Å²) in [4.78, 5) is 0. The van der Waals surface area contributed by atoms with Crippen LogP contribution in [0.15, 0.2) is 0 Å². The molecular formula is C14H37N2O4PSSi. The van der Waals surface area contributed by atoms with Crippen molar-refractivity contribution in [3.63, 3.8) is 0 Å². The van der Waals surface area contributed by atoms with Crippen molar-refractivity contribution in [1.29, 1.82) is 0 Å². The first-order valence-corrected chi connectivity index (χ1v) is 15.6. The molecule has 0 radical (unpaired) electrons. The molecule has 142 valence electrons. The molecule has 0 aromatic carbocycles. The molecule has 0 saturated heterocycles. The second-order valence-electron chi connectivity index (χ2n) is 6.66. The molecule has 0 rings (SSSR count). The van der Waals surface area contributed by atoms with E-state index in [1.807, 2.05) is 0 Å². The molecule has 0 saturated carbocycles. The van der Waals surface area contributed by atoms with Crippen LogP contribution in [0.4, 0.5) is 0 Å². The van der Waals surface area contributed by atoms with Crippen LogP contribution in [0.5, 0.6) is 0 Å². The highest BCUT2D eigenvalue weighted by Gasteiger charge is 2.46. The topological polar surface area (TPSA) is 72.9 Å². The van der Waals surface area contributed by atoms with E-state index in [1.165, 1.54) is 32.0 Å². The van der Waals surface area contributed by atoms with E-state index < -0.39 is 26.0 Å². The predicted octanol–water partition coefficient (Wildman–Crippen LogP) is 3.12. The second-order valence-corrected chi connectivity index (χ2v) is 17.5. The minimum atomic E-state index is -4.41. The molecule has 0 aliphatic heterocycles. The zero-order chi connectivity index (χ0) is 18.9. The summed E-state index contributed by atoms with van der Waals surface area (Å²) in [6, 6.07) is 0. The van der Waals surface area contributed by atoms with Gasteiger partial charge in [0.15, 0.2) is 0 Å². The third-order valence-electron chi connectivity index (χ3n) is 3.66. The number of hydrogen-bond donors (Lipinski definition) is 0. The van der Waals surface area contributed by atoms with Crippen molar-refractivity contribution in [3.8, 4) is 0 Å². The zero-order valence-electron chi connectivity index (χ0n) is 16.4. The summed E-state index contributed by atoms with van der Waals surface area (Å²) >= 11 is 0. The molecule has 0 amide bonds. The lowest BCUT2D eigenvalue weighted by Crippen LogP contribution is -2.43. The molecule has 0 spiro atoms. The molecule has 0 atom stereocenters. The van der Waals surface area contributed by atoms with Gasteiger partial charge in [-0.1, -0.05) is 19.6 Å². The van der Waals surface area contributed by atoms with Crippen LogP contribution in [0.2, 0.25) is 19.6 Å². The predicted molar refractivity (Wildman–Crippen MR) is 104 cm³/mol. The van der Waals surface area contributed by atoms with E-state index in [1.54, 1.807) is 0 Å². The summed E-state index contributed by atoms with van der Waals surface area (Å²) < 4.78 is 36.5. The SMILES string of the molecule is CCN(CC)[P+](C)(C[Si](C)(C)C)N(CC)CC.COS(=O)(=O)[O-]. The van der Waals surface area contributed by atoms with Crippen molar-refractivity contribution in [2.45, 2.75) is 47.3 Å². The molecule has 6 nitrogen and oxygen atoms in total. The van der Waals surface area contributed by atoms with Gasteiger partial charge in [0.05, 0.1) is 27.6 Å². The van der Waals surface area contributed by atoms with E-state index in [0.717, 1.165) is 7.11 Å². The fraction of sp³-hybridized carbons (Fsp3) is 1.00. The van der Waals surface area contributed by atoms with Gasteiger partial charge >= 0.3 is 0 Å². The first-order chi connectivity index (χ1) is 10.3. The van der Waals surface area contributed by atoms with Crippen molar-refractivity contribution in [3.05, 3.63) is 0 Å². The maximum Gasteiger partial charge on any atom is 0.217 e. The van der Waals surface area contributed by atoms with Gasteiger partial charge < -0.3 is 4.55 Å². The molecule has 0 aromatic rings. The van der Waals surface area contributed by atoms with Gasteiger partial charge in [-0.25, -0.2) is 8.42 Å². The Morgan fingerprint density at radius 1 is 0.957 bits per heavy atom. The van der Waals surface area contributed by atoms with Crippen molar-refractivity contribution >= 4 is 26.0 Å². The monoisotopic (exact) mass is 388 g/mol. The van der Waals surface area contributed by atoms with Crippen molar-refractivity contribution in [2.75, 3.05) is 45.7 Å². The van der Waals surface area contributed by atoms with Crippen LogP contribution < -0.4 is 0 Å². The first-order valence-electron chi connectivity index (χ1n) is 8.19. The lowest BCUT2D eigenvalue weighted by atomic mass is 10.7. The smallest absolute Gasteiger partial charge is 0.217 e. The van der Waals surface area contributed by atoms with E-state index >= 15 is 0 Å². The number of rotatable bonds is 9. The van der Waals surface area contributed by atoms with E-state index in [2.05, 4.69) is 67.5 Å². The second kappa shape index (κ2) is 11.1. The van der Waals surface area contributed by atoms with Crippen molar-refractivity contribution < 1.29 is 17.2 Å². The Morgan fingerprint density at radius 3 is 1.35 bits per heavy atom. The minimum absolute atomic E-state index is 0.808. The summed E-state index contributed by atoms with van der Waals surface area (Å²) in [5.74, 6) is 1.46. The van der Waals surface area contributed by atoms with Crippen LogP contribution in [0.25, 0.3) is 0 Å². The number of nitrogens with zero attached hydrogens (tertiary/aromatic N) is 2. The van der Waals surface area contributed by atoms with Gasteiger partial charge in [0, 0.05) is 26.2 Å². The van der Waals surface area contributed by atoms with E-state index in [9.17, 15) is 13.0 Å². The lowest BCUT2D eigenvalue weighted by Gasteiger charge is -2.42. The Kier molecular flexibility index (Phi) is 12.4. The maximum absolute atomic E-state index is 9.22. The highest BCUT2D eigenvalue weighted by atomic mass is 32.3. The third-order valence-corrected chi connectivity index (χ3v) is 13.8. The molecule has 0 aliphatic rings. The summed E-state index contributed by atoms with van der Waals surface area (Å²) in [6.07, 6.45) is 0. The standard InChI is InChI=1S/C13H34N2PSi.CH4O4S/c1-9-14(10-2)16(5,13-17(6,7)8)15(11-3)12-4;1-5-6(2,3)4/h9-13H2,1-8H3;1H3,(H,2,3,4)/q+1;/p-1. The fourth-order valence-electron chi connectivity index (χ4n) is 2.94. The summed E-state index contributed by atoms with van der Waals surface area (Å²) in [5, 5.41) is 0. The van der Waals surface area contributed by atoms with Gasteiger partial charge in [-0.15, -0.1) is 0 Å². The highest BCUT2D eigenvalue weighted by molar-refractivity contribution is 7.80. The lowest BCUT2D eigenvalue weighted by molar-refractivity contribution is 0.314. The van der Waals surface area contributed by atoms with Crippen LogP contribution in [-0.4, -0.2) is 76.1 Å². The molecule has 0 aromatic heterocycles. The molecular weight excluding hydrogens is 351 g/mol. The first kappa shape index (κ1) is 25.7.